The Kier molecular flexibility index (Phi) is 4.12. The van der Waals surface area contributed by atoms with Gasteiger partial charge in [-0.15, -0.1) is 5.10 Å². The molecule has 0 saturated heterocycles. The van der Waals surface area contributed by atoms with Crippen LogP contribution in [0.5, 0.6) is 0 Å². The van der Waals surface area contributed by atoms with E-state index < -0.39 is 0 Å². The SMILES string of the molecule is O=C(c1ccc(NCCn2ccnn2)nc1)N1CCc2ccccc21. The maximum atomic E-state index is 12.7. The summed E-state index contributed by atoms with van der Waals surface area (Å²) in [6.07, 6.45) is 5.98. The Labute approximate surface area is 145 Å². The van der Waals surface area contributed by atoms with Crippen LogP contribution in [-0.2, 0) is 13.0 Å². The summed E-state index contributed by atoms with van der Waals surface area (Å²) in [6.45, 7) is 2.10. The molecule has 0 saturated carbocycles. The van der Waals surface area contributed by atoms with Gasteiger partial charge in [0.1, 0.15) is 5.82 Å². The first-order valence-electron chi connectivity index (χ1n) is 8.25. The number of hydrogen-bond acceptors (Lipinski definition) is 5. The number of aromatic nitrogens is 4. The lowest BCUT2D eigenvalue weighted by molar-refractivity contribution is 0.0989. The Morgan fingerprint density at radius 3 is 2.92 bits per heavy atom. The Morgan fingerprint density at radius 2 is 2.12 bits per heavy atom. The topological polar surface area (TPSA) is 75.9 Å². The van der Waals surface area contributed by atoms with Gasteiger partial charge in [-0.25, -0.2) is 4.98 Å². The fourth-order valence-corrected chi connectivity index (χ4v) is 2.98. The minimum absolute atomic E-state index is 0.00776. The van der Waals surface area contributed by atoms with Crippen LogP contribution in [0.4, 0.5) is 11.5 Å². The highest BCUT2D eigenvalue weighted by Crippen LogP contribution is 2.28. The zero-order valence-corrected chi connectivity index (χ0v) is 13.7. The van der Waals surface area contributed by atoms with E-state index in [4.69, 9.17) is 0 Å². The minimum Gasteiger partial charge on any atom is -0.368 e. The van der Waals surface area contributed by atoms with Gasteiger partial charge in [0, 0.05) is 31.2 Å². The van der Waals surface area contributed by atoms with Crippen molar-refractivity contribution in [2.24, 2.45) is 0 Å². The van der Waals surface area contributed by atoms with Gasteiger partial charge in [0.05, 0.1) is 18.3 Å². The van der Waals surface area contributed by atoms with Crippen molar-refractivity contribution in [3.8, 4) is 0 Å². The maximum absolute atomic E-state index is 12.7. The van der Waals surface area contributed by atoms with Crippen LogP contribution in [0, 0.1) is 0 Å². The van der Waals surface area contributed by atoms with Crippen molar-refractivity contribution in [3.05, 3.63) is 66.1 Å². The highest BCUT2D eigenvalue weighted by molar-refractivity contribution is 6.07. The van der Waals surface area contributed by atoms with Crippen LogP contribution in [0.25, 0.3) is 0 Å². The molecular formula is C18H18N6O. The summed E-state index contributed by atoms with van der Waals surface area (Å²) < 4.78 is 1.75. The molecule has 2 aromatic heterocycles. The summed E-state index contributed by atoms with van der Waals surface area (Å²) in [5, 5.41) is 10.9. The van der Waals surface area contributed by atoms with Crippen LogP contribution in [-0.4, -0.2) is 39.0 Å². The number of anilines is 2. The molecule has 0 spiro atoms. The zero-order chi connectivity index (χ0) is 17.1. The number of amides is 1. The molecule has 0 bridgehead atoms. The number of carbonyl (C=O) groups excluding carboxylic acids is 1. The monoisotopic (exact) mass is 334 g/mol. The Bertz CT molecular complexity index is 860. The molecule has 126 valence electrons. The zero-order valence-electron chi connectivity index (χ0n) is 13.7. The first-order chi connectivity index (χ1) is 12.3. The van der Waals surface area contributed by atoms with E-state index in [9.17, 15) is 4.79 Å². The van der Waals surface area contributed by atoms with Gasteiger partial charge in [-0.1, -0.05) is 23.4 Å². The molecule has 4 rings (SSSR count). The van der Waals surface area contributed by atoms with E-state index in [1.807, 2.05) is 41.4 Å². The van der Waals surface area contributed by atoms with Gasteiger partial charge in [-0.2, -0.15) is 0 Å². The maximum Gasteiger partial charge on any atom is 0.259 e. The molecule has 1 aliphatic rings. The molecule has 0 radical (unpaired) electrons. The molecular weight excluding hydrogens is 316 g/mol. The van der Waals surface area contributed by atoms with Gasteiger partial charge in [0.15, 0.2) is 0 Å². The van der Waals surface area contributed by atoms with E-state index in [2.05, 4.69) is 26.7 Å². The Morgan fingerprint density at radius 1 is 1.20 bits per heavy atom. The second-order valence-corrected chi connectivity index (χ2v) is 5.86. The van der Waals surface area contributed by atoms with Crippen molar-refractivity contribution in [1.29, 1.82) is 0 Å². The van der Waals surface area contributed by atoms with Crippen molar-refractivity contribution < 1.29 is 4.79 Å². The van der Waals surface area contributed by atoms with E-state index in [1.165, 1.54) is 5.56 Å². The normalized spacial score (nSPS) is 12.9. The van der Waals surface area contributed by atoms with Crippen LogP contribution in [0.3, 0.4) is 0 Å². The first-order valence-corrected chi connectivity index (χ1v) is 8.25. The number of hydrogen-bond donors (Lipinski definition) is 1. The number of nitrogens with zero attached hydrogens (tertiary/aromatic N) is 5. The molecule has 1 N–H and O–H groups in total. The molecule has 3 aromatic rings. The van der Waals surface area contributed by atoms with Gasteiger partial charge in [0.2, 0.25) is 0 Å². The largest absolute Gasteiger partial charge is 0.368 e. The van der Waals surface area contributed by atoms with Gasteiger partial charge < -0.3 is 10.2 Å². The van der Waals surface area contributed by atoms with E-state index in [0.29, 0.717) is 18.7 Å². The van der Waals surface area contributed by atoms with Gasteiger partial charge in [0.25, 0.3) is 5.91 Å². The highest BCUT2D eigenvalue weighted by atomic mass is 16.2. The average Bonchev–Trinajstić information content (AvgIpc) is 3.31. The summed E-state index contributed by atoms with van der Waals surface area (Å²) in [4.78, 5) is 18.9. The van der Waals surface area contributed by atoms with Crippen LogP contribution in [0.15, 0.2) is 55.0 Å². The molecule has 0 fully saturated rings. The number of para-hydroxylation sites is 1. The second-order valence-electron chi connectivity index (χ2n) is 5.86. The third-order valence-electron chi connectivity index (χ3n) is 4.26. The van der Waals surface area contributed by atoms with Crippen molar-refractivity contribution in [1.82, 2.24) is 20.0 Å². The van der Waals surface area contributed by atoms with Crippen LogP contribution in [0.1, 0.15) is 15.9 Å². The summed E-state index contributed by atoms with van der Waals surface area (Å²) in [5.41, 5.74) is 2.82. The van der Waals surface area contributed by atoms with Gasteiger partial charge in [-0.3, -0.25) is 9.48 Å². The summed E-state index contributed by atoms with van der Waals surface area (Å²) >= 11 is 0. The molecule has 0 atom stereocenters. The molecule has 1 aliphatic heterocycles. The first kappa shape index (κ1) is 15.3. The fourth-order valence-electron chi connectivity index (χ4n) is 2.98. The smallest absolute Gasteiger partial charge is 0.259 e. The number of nitrogens with one attached hydrogen (secondary N) is 1. The van der Waals surface area contributed by atoms with Crippen LogP contribution >= 0.6 is 0 Å². The lowest BCUT2D eigenvalue weighted by Gasteiger charge is -2.17. The predicted octanol–water partition coefficient (Wildman–Crippen LogP) is 1.99. The van der Waals surface area contributed by atoms with E-state index in [0.717, 1.165) is 24.5 Å². The van der Waals surface area contributed by atoms with E-state index >= 15 is 0 Å². The Hall–Kier alpha value is -3.22. The highest BCUT2D eigenvalue weighted by Gasteiger charge is 2.25. The van der Waals surface area contributed by atoms with Crippen molar-refractivity contribution in [3.63, 3.8) is 0 Å². The van der Waals surface area contributed by atoms with Gasteiger partial charge in [-0.05, 0) is 30.2 Å². The third kappa shape index (κ3) is 3.21. The third-order valence-corrected chi connectivity index (χ3v) is 4.26. The van der Waals surface area contributed by atoms with Crippen molar-refractivity contribution in [2.75, 3.05) is 23.3 Å². The van der Waals surface area contributed by atoms with Crippen LogP contribution in [0.2, 0.25) is 0 Å². The number of carbonyl (C=O) groups is 1. The number of rotatable bonds is 5. The van der Waals surface area contributed by atoms with Gasteiger partial charge >= 0.3 is 0 Å². The number of pyridine rings is 1. The Balaban J connectivity index is 1.39. The molecule has 7 heteroatoms. The molecule has 1 amide bonds. The molecule has 0 unspecified atom stereocenters. The molecule has 0 aliphatic carbocycles. The summed E-state index contributed by atoms with van der Waals surface area (Å²) in [5.74, 6) is 0.727. The predicted molar refractivity (Wildman–Crippen MR) is 94.6 cm³/mol. The van der Waals surface area contributed by atoms with E-state index in [-0.39, 0.29) is 5.91 Å². The van der Waals surface area contributed by atoms with Crippen molar-refractivity contribution in [2.45, 2.75) is 13.0 Å². The summed E-state index contributed by atoms with van der Waals surface area (Å²) in [6, 6.07) is 11.7. The number of benzene rings is 1. The van der Waals surface area contributed by atoms with Crippen LogP contribution < -0.4 is 10.2 Å². The second kappa shape index (κ2) is 6.72. The minimum atomic E-state index is -0.00776. The van der Waals surface area contributed by atoms with Crippen molar-refractivity contribution >= 4 is 17.4 Å². The molecule has 25 heavy (non-hydrogen) atoms. The van der Waals surface area contributed by atoms with E-state index in [1.54, 1.807) is 17.1 Å². The number of fused-ring (bicyclic) bond motifs is 1. The molecule has 7 nitrogen and oxygen atoms in total. The quantitative estimate of drug-likeness (QED) is 0.772. The fraction of sp³-hybridized carbons (Fsp3) is 0.222. The molecule has 3 heterocycles. The summed E-state index contributed by atoms with van der Waals surface area (Å²) in [7, 11) is 0. The average molecular weight is 334 g/mol. The lowest BCUT2D eigenvalue weighted by atomic mass is 10.2. The molecule has 1 aromatic carbocycles. The standard InChI is InChI=1S/C18H18N6O/c25-18(24-10-7-14-3-1-2-4-16(14)24)15-5-6-17(20-13-15)19-8-11-23-12-9-21-22-23/h1-6,9,12-13H,7-8,10-11H2,(H,19,20). The lowest BCUT2D eigenvalue weighted by Crippen LogP contribution is -2.29.